The first-order valence-electron chi connectivity index (χ1n) is 7.21. The van der Waals surface area contributed by atoms with Crippen molar-refractivity contribution in [1.82, 2.24) is 0 Å². The molecule has 0 aliphatic heterocycles. The van der Waals surface area contributed by atoms with Crippen molar-refractivity contribution in [3.05, 3.63) is 47.5 Å². The Kier molecular flexibility index (Phi) is 4.46. The van der Waals surface area contributed by atoms with Crippen LogP contribution in [-0.2, 0) is 9.53 Å². The highest BCUT2D eigenvalue weighted by Crippen LogP contribution is 2.59. The third kappa shape index (κ3) is 3.25. The lowest BCUT2D eigenvalue weighted by atomic mass is 10.1. The summed E-state index contributed by atoms with van der Waals surface area (Å²) in [6, 6.07) is 10.8. The molecule has 1 aliphatic rings. The molecular weight excluding hydrogens is 278 g/mol. The molecule has 0 spiro atoms. The van der Waals surface area contributed by atoms with Crippen molar-refractivity contribution in [2.24, 2.45) is 17.3 Å². The number of ketones is 1. The summed E-state index contributed by atoms with van der Waals surface area (Å²) in [5.41, 5.74) is 0.890. The summed E-state index contributed by atoms with van der Waals surface area (Å²) < 4.78 is 5.16. The normalized spacial score (nSPS) is 22.5. The molecule has 0 N–H and O–H groups in total. The zero-order chi connectivity index (χ0) is 16.3. The molecule has 4 nitrogen and oxygen atoms in total. The van der Waals surface area contributed by atoms with Gasteiger partial charge in [0.05, 0.1) is 12.0 Å². The zero-order valence-corrected chi connectivity index (χ0v) is 13.0. The van der Waals surface area contributed by atoms with E-state index in [-0.39, 0.29) is 35.6 Å². The first kappa shape index (κ1) is 16.0. The van der Waals surface area contributed by atoms with Crippen LogP contribution in [0.4, 0.5) is 0 Å². The zero-order valence-electron chi connectivity index (χ0n) is 13.0. The van der Waals surface area contributed by atoms with Crippen molar-refractivity contribution in [2.45, 2.75) is 20.8 Å². The Labute approximate surface area is 130 Å². The van der Waals surface area contributed by atoms with E-state index in [2.05, 4.69) is 6.07 Å². The van der Waals surface area contributed by atoms with Gasteiger partial charge in [0.25, 0.3) is 0 Å². The molecule has 0 aromatic heterocycles. The first-order valence-corrected chi connectivity index (χ1v) is 7.21. The maximum atomic E-state index is 12.2. The molecule has 1 aromatic rings. The van der Waals surface area contributed by atoms with Gasteiger partial charge in [-0.05, 0) is 18.3 Å². The van der Waals surface area contributed by atoms with Crippen molar-refractivity contribution in [1.29, 1.82) is 5.26 Å². The van der Waals surface area contributed by atoms with Crippen molar-refractivity contribution in [3.8, 4) is 6.07 Å². The number of rotatable bonds is 5. The Morgan fingerprint density at radius 1 is 1.32 bits per heavy atom. The van der Waals surface area contributed by atoms with Crippen LogP contribution in [0.3, 0.4) is 0 Å². The summed E-state index contributed by atoms with van der Waals surface area (Å²) in [5, 5.41) is 8.83. The lowest BCUT2D eigenvalue weighted by Gasteiger charge is -2.05. The maximum Gasteiger partial charge on any atom is 0.310 e. The van der Waals surface area contributed by atoms with Crippen LogP contribution in [0.15, 0.2) is 42.0 Å². The summed E-state index contributed by atoms with van der Waals surface area (Å²) in [4.78, 5) is 24.1. The topological polar surface area (TPSA) is 67.2 Å². The van der Waals surface area contributed by atoms with Crippen LogP contribution in [0.2, 0.25) is 0 Å². The fraction of sp³-hybridized carbons (Fsp3) is 0.389. The molecule has 2 unspecified atom stereocenters. The average Bonchev–Trinajstić information content (AvgIpc) is 3.05. The van der Waals surface area contributed by atoms with E-state index in [4.69, 9.17) is 10.00 Å². The van der Waals surface area contributed by atoms with Crippen LogP contribution in [0, 0.1) is 28.6 Å². The first-order chi connectivity index (χ1) is 10.4. The lowest BCUT2D eigenvalue weighted by molar-refractivity contribution is -0.145. The Hall–Kier alpha value is -2.41. The van der Waals surface area contributed by atoms with E-state index >= 15 is 0 Å². The number of carbonyl (C=O) groups excluding carboxylic acids is 2. The molecule has 1 fully saturated rings. The summed E-state index contributed by atoms with van der Waals surface area (Å²) >= 11 is 0. The van der Waals surface area contributed by atoms with E-state index in [0.717, 1.165) is 0 Å². The fourth-order valence-electron chi connectivity index (χ4n) is 2.68. The number of esters is 1. The Balaban J connectivity index is 1.94. The van der Waals surface area contributed by atoms with E-state index in [9.17, 15) is 9.59 Å². The van der Waals surface area contributed by atoms with Gasteiger partial charge in [-0.15, -0.1) is 0 Å². The number of ether oxygens (including phenoxy) is 1. The molecule has 1 aliphatic carbocycles. The van der Waals surface area contributed by atoms with Crippen LogP contribution in [0.25, 0.3) is 0 Å². The molecule has 0 saturated heterocycles. The van der Waals surface area contributed by atoms with E-state index in [1.165, 1.54) is 0 Å². The Morgan fingerprint density at radius 2 is 1.95 bits per heavy atom. The maximum absolute atomic E-state index is 12.2. The quantitative estimate of drug-likeness (QED) is 0.475. The van der Waals surface area contributed by atoms with Crippen molar-refractivity contribution < 1.29 is 14.3 Å². The van der Waals surface area contributed by atoms with Crippen LogP contribution in [-0.4, -0.2) is 18.4 Å². The smallest absolute Gasteiger partial charge is 0.310 e. The predicted molar refractivity (Wildman–Crippen MR) is 81.9 cm³/mol. The van der Waals surface area contributed by atoms with Crippen LogP contribution >= 0.6 is 0 Å². The number of hydrogen-bond acceptors (Lipinski definition) is 4. The molecule has 1 aromatic carbocycles. The molecule has 2 rings (SSSR count). The standard InChI is InChI=1S/C18H19NO3/c1-12(10-19)9-14-16(18(14,2)3)17(21)22-11-15(20)13-7-5-4-6-8-13/h4-9,14,16H,11H2,1-3H3/b12-9+. The average molecular weight is 297 g/mol. The number of hydrogen-bond donors (Lipinski definition) is 0. The Bertz CT molecular complexity index is 653. The highest BCUT2D eigenvalue weighted by molar-refractivity contribution is 5.98. The van der Waals surface area contributed by atoms with Gasteiger partial charge >= 0.3 is 5.97 Å². The third-order valence-electron chi connectivity index (χ3n) is 4.21. The summed E-state index contributed by atoms with van der Waals surface area (Å²) in [7, 11) is 0. The van der Waals surface area contributed by atoms with E-state index in [1.54, 1.807) is 31.2 Å². The van der Waals surface area contributed by atoms with Crippen LogP contribution in [0.5, 0.6) is 0 Å². The molecule has 4 heteroatoms. The van der Waals surface area contributed by atoms with E-state index in [0.29, 0.717) is 11.1 Å². The van der Waals surface area contributed by atoms with Gasteiger partial charge in [-0.3, -0.25) is 9.59 Å². The highest BCUT2D eigenvalue weighted by Gasteiger charge is 2.61. The molecule has 114 valence electrons. The van der Waals surface area contributed by atoms with Gasteiger partial charge in [0.1, 0.15) is 0 Å². The number of nitriles is 1. The molecule has 1 saturated carbocycles. The second-order valence-electron chi connectivity index (χ2n) is 6.18. The number of Topliss-reactive ketones (excluding diaryl/α,β-unsaturated/α-hetero) is 1. The second kappa shape index (κ2) is 6.15. The monoisotopic (exact) mass is 297 g/mol. The molecule has 0 bridgehead atoms. The number of carbonyl (C=O) groups is 2. The second-order valence-corrected chi connectivity index (χ2v) is 6.18. The highest BCUT2D eigenvalue weighted by atomic mass is 16.5. The minimum absolute atomic E-state index is 0.00789. The third-order valence-corrected chi connectivity index (χ3v) is 4.21. The summed E-state index contributed by atoms with van der Waals surface area (Å²) in [6.45, 7) is 5.40. The fourth-order valence-corrected chi connectivity index (χ4v) is 2.68. The van der Waals surface area contributed by atoms with Crippen molar-refractivity contribution in [2.75, 3.05) is 6.61 Å². The van der Waals surface area contributed by atoms with Crippen LogP contribution in [0.1, 0.15) is 31.1 Å². The van der Waals surface area contributed by atoms with Crippen LogP contribution < -0.4 is 0 Å². The van der Waals surface area contributed by atoms with Gasteiger partial charge < -0.3 is 4.74 Å². The van der Waals surface area contributed by atoms with Gasteiger partial charge in [-0.1, -0.05) is 50.3 Å². The molecule has 22 heavy (non-hydrogen) atoms. The molecule has 0 radical (unpaired) electrons. The molecule has 0 heterocycles. The van der Waals surface area contributed by atoms with Gasteiger partial charge in [0, 0.05) is 11.1 Å². The van der Waals surface area contributed by atoms with Crippen molar-refractivity contribution >= 4 is 11.8 Å². The Morgan fingerprint density at radius 3 is 2.55 bits per heavy atom. The molecule has 2 atom stereocenters. The number of benzene rings is 1. The number of nitrogens with zero attached hydrogens (tertiary/aromatic N) is 1. The SMILES string of the molecule is C/C(C#N)=C\C1C(C(=O)OCC(=O)c2ccccc2)C1(C)C. The largest absolute Gasteiger partial charge is 0.457 e. The molecular formula is C18H19NO3. The minimum Gasteiger partial charge on any atom is -0.457 e. The van der Waals surface area contributed by atoms with Crippen molar-refractivity contribution in [3.63, 3.8) is 0 Å². The minimum atomic E-state index is -0.374. The van der Waals surface area contributed by atoms with Gasteiger partial charge in [-0.25, -0.2) is 0 Å². The van der Waals surface area contributed by atoms with E-state index < -0.39 is 0 Å². The lowest BCUT2D eigenvalue weighted by Crippen LogP contribution is -2.17. The summed E-state index contributed by atoms with van der Waals surface area (Å²) in [5.74, 6) is -0.889. The number of allylic oxidation sites excluding steroid dienone is 2. The van der Waals surface area contributed by atoms with Gasteiger partial charge in [0.2, 0.25) is 0 Å². The van der Waals surface area contributed by atoms with Gasteiger partial charge in [0.15, 0.2) is 12.4 Å². The van der Waals surface area contributed by atoms with Gasteiger partial charge in [-0.2, -0.15) is 5.26 Å². The predicted octanol–water partition coefficient (Wildman–Crippen LogP) is 3.15. The molecule has 0 amide bonds. The van der Waals surface area contributed by atoms with E-state index in [1.807, 2.05) is 26.0 Å². The summed E-state index contributed by atoms with van der Waals surface area (Å²) in [6.07, 6.45) is 1.81.